The summed E-state index contributed by atoms with van der Waals surface area (Å²) in [6.45, 7) is 0.360. The normalized spacial score (nSPS) is 11.1. The van der Waals surface area contributed by atoms with Gasteiger partial charge in [-0.25, -0.2) is 9.36 Å². The maximum absolute atomic E-state index is 12.2. The zero-order valence-corrected chi connectivity index (χ0v) is 14.6. The van der Waals surface area contributed by atoms with Crippen molar-refractivity contribution in [3.8, 4) is 10.7 Å². The molecular formula is C18H16N4O3S. The molecule has 3 aromatic heterocycles. The van der Waals surface area contributed by atoms with Crippen LogP contribution in [0.1, 0.15) is 5.56 Å². The number of aromatic amines is 1. The lowest BCUT2D eigenvalue weighted by Crippen LogP contribution is -2.32. The Morgan fingerprint density at radius 3 is 3.00 bits per heavy atom. The fourth-order valence-corrected chi connectivity index (χ4v) is 3.58. The Hall–Kier alpha value is -3.13. The number of hydrogen-bond donors (Lipinski definition) is 2. The number of hydrogen-bond acceptors (Lipinski definition) is 5. The lowest BCUT2D eigenvalue weighted by Gasteiger charge is -2.06. The van der Waals surface area contributed by atoms with Crippen LogP contribution < -0.4 is 11.1 Å². The summed E-state index contributed by atoms with van der Waals surface area (Å²) in [5.74, 6) is -0.523. The second-order valence-corrected chi connectivity index (χ2v) is 6.74. The van der Waals surface area contributed by atoms with Gasteiger partial charge in [0.15, 0.2) is 5.82 Å². The molecule has 0 aliphatic carbocycles. The van der Waals surface area contributed by atoms with E-state index < -0.39 is 5.76 Å². The first-order valence-corrected chi connectivity index (χ1v) is 9.02. The summed E-state index contributed by atoms with van der Waals surface area (Å²) in [7, 11) is 0. The maximum Gasteiger partial charge on any atom is 0.442 e. The van der Waals surface area contributed by atoms with E-state index in [-0.39, 0.29) is 12.5 Å². The highest BCUT2D eigenvalue weighted by Gasteiger charge is 2.16. The number of aromatic nitrogens is 3. The van der Waals surface area contributed by atoms with E-state index in [0.717, 1.165) is 21.3 Å². The van der Waals surface area contributed by atoms with Crippen LogP contribution in [0.5, 0.6) is 0 Å². The molecule has 0 bridgehead atoms. The van der Waals surface area contributed by atoms with Crippen LogP contribution in [0.15, 0.2) is 57.3 Å². The SMILES string of the molecule is O=C(Cn1c(-c2cccs2)noc1=O)NCCc1c[nH]c2ccccc12. The van der Waals surface area contributed by atoms with Gasteiger partial charge in [0.2, 0.25) is 5.91 Å². The molecule has 0 aliphatic rings. The number of carbonyl (C=O) groups excluding carboxylic acids is 1. The topological polar surface area (TPSA) is 92.9 Å². The van der Waals surface area contributed by atoms with E-state index in [1.165, 1.54) is 15.9 Å². The van der Waals surface area contributed by atoms with Crippen LogP contribution >= 0.6 is 11.3 Å². The number of nitrogens with one attached hydrogen (secondary N) is 2. The van der Waals surface area contributed by atoms with Crippen molar-refractivity contribution in [2.24, 2.45) is 0 Å². The first kappa shape index (κ1) is 16.3. The number of rotatable bonds is 6. The number of fused-ring (bicyclic) bond motifs is 1. The molecule has 7 nitrogen and oxygen atoms in total. The van der Waals surface area contributed by atoms with Crippen molar-refractivity contribution in [3.63, 3.8) is 0 Å². The largest absolute Gasteiger partial charge is 0.442 e. The van der Waals surface area contributed by atoms with Gasteiger partial charge in [-0.15, -0.1) is 11.3 Å². The lowest BCUT2D eigenvalue weighted by atomic mass is 10.1. The van der Waals surface area contributed by atoms with Crippen molar-refractivity contribution < 1.29 is 9.32 Å². The predicted molar refractivity (Wildman–Crippen MR) is 99.1 cm³/mol. The molecule has 0 atom stereocenters. The van der Waals surface area contributed by atoms with Crippen molar-refractivity contribution in [1.29, 1.82) is 0 Å². The zero-order chi connectivity index (χ0) is 17.9. The fourth-order valence-electron chi connectivity index (χ4n) is 2.87. The summed E-state index contributed by atoms with van der Waals surface area (Å²) in [6.07, 6.45) is 2.66. The van der Waals surface area contributed by atoms with Crippen molar-refractivity contribution >= 4 is 28.1 Å². The molecule has 0 fully saturated rings. The van der Waals surface area contributed by atoms with Crippen molar-refractivity contribution in [2.75, 3.05) is 6.54 Å². The molecule has 3 heterocycles. The van der Waals surface area contributed by atoms with Crippen molar-refractivity contribution in [2.45, 2.75) is 13.0 Å². The number of H-pyrrole nitrogens is 1. The lowest BCUT2D eigenvalue weighted by molar-refractivity contribution is -0.121. The van der Waals surface area contributed by atoms with Crippen LogP contribution in [0.3, 0.4) is 0 Å². The predicted octanol–water partition coefficient (Wildman–Crippen LogP) is 2.41. The number of thiophene rings is 1. The Kier molecular flexibility index (Phi) is 4.40. The molecular weight excluding hydrogens is 352 g/mol. The molecule has 0 saturated heterocycles. The molecule has 132 valence electrons. The molecule has 0 saturated carbocycles. The van der Waals surface area contributed by atoms with Crippen LogP contribution in [0.25, 0.3) is 21.6 Å². The van der Waals surface area contributed by atoms with Crippen LogP contribution in [-0.2, 0) is 17.8 Å². The number of carbonyl (C=O) groups is 1. The van der Waals surface area contributed by atoms with E-state index in [1.807, 2.05) is 48.0 Å². The highest BCUT2D eigenvalue weighted by atomic mass is 32.1. The first-order valence-electron chi connectivity index (χ1n) is 8.14. The van der Waals surface area contributed by atoms with E-state index in [4.69, 9.17) is 4.52 Å². The second kappa shape index (κ2) is 7.01. The molecule has 2 N–H and O–H groups in total. The van der Waals surface area contributed by atoms with Crippen molar-refractivity contribution in [1.82, 2.24) is 20.0 Å². The first-order chi connectivity index (χ1) is 12.7. The second-order valence-electron chi connectivity index (χ2n) is 5.79. The minimum atomic E-state index is -0.639. The van der Waals surface area contributed by atoms with Gasteiger partial charge in [0.05, 0.1) is 4.88 Å². The third-order valence-electron chi connectivity index (χ3n) is 4.12. The highest BCUT2D eigenvalue weighted by Crippen LogP contribution is 2.21. The molecule has 4 aromatic rings. The summed E-state index contributed by atoms with van der Waals surface area (Å²) in [5.41, 5.74) is 2.22. The van der Waals surface area contributed by atoms with Crippen LogP contribution in [0.2, 0.25) is 0 Å². The van der Waals surface area contributed by atoms with Gasteiger partial charge >= 0.3 is 5.76 Å². The van der Waals surface area contributed by atoms with E-state index in [0.29, 0.717) is 18.8 Å². The van der Waals surface area contributed by atoms with Crippen LogP contribution in [-0.4, -0.2) is 27.2 Å². The Morgan fingerprint density at radius 2 is 2.15 bits per heavy atom. The number of benzene rings is 1. The fraction of sp³-hybridized carbons (Fsp3) is 0.167. The van der Waals surface area contributed by atoms with Crippen LogP contribution in [0, 0.1) is 0 Å². The van der Waals surface area contributed by atoms with Crippen molar-refractivity contribution in [3.05, 3.63) is 64.1 Å². The van der Waals surface area contributed by atoms with Gasteiger partial charge in [0, 0.05) is 23.6 Å². The number of para-hydroxylation sites is 1. The Morgan fingerprint density at radius 1 is 1.27 bits per heavy atom. The number of amides is 1. The zero-order valence-electron chi connectivity index (χ0n) is 13.8. The molecule has 1 aromatic carbocycles. The van der Waals surface area contributed by atoms with Gasteiger partial charge in [-0.2, -0.15) is 0 Å². The van der Waals surface area contributed by atoms with Gasteiger partial charge in [-0.05, 0) is 29.5 Å². The minimum absolute atomic E-state index is 0.122. The summed E-state index contributed by atoms with van der Waals surface area (Å²) < 4.78 is 5.95. The molecule has 26 heavy (non-hydrogen) atoms. The number of nitrogens with zero attached hydrogens (tertiary/aromatic N) is 2. The average Bonchev–Trinajstić information content (AvgIpc) is 3.37. The standard InChI is InChI=1S/C18H16N4O3S/c23-16(11-22-17(21-25-18(22)24)15-6-3-9-26-15)19-8-7-12-10-20-14-5-2-1-4-13(12)14/h1-6,9-10,20H,7-8,11H2,(H,19,23). The Labute approximate surface area is 152 Å². The van der Waals surface area contributed by atoms with E-state index in [2.05, 4.69) is 15.5 Å². The molecule has 4 rings (SSSR count). The van der Waals surface area contributed by atoms with Gasteiger partial charge in [0.25, 0.3) is 0 Å². The highest BCUT2D eigenvalue weighted by molar-refractivity contribution is 7.13. The third kappa shape index (κ3) is 3.18. The summed E-state index contributed by atoms with van der Waals surface area (Å²) >= 11 is 1.43. The Bertz CT molecular complexity index is 1090. The van der Waals surface area contributed by atoms with E-state index in [9.17, 15) is 9.59 Å². The average molecular weight is 368 g/mol. The quantitative estimate of drug-likeness (QED) is 0.547. The molecule has 0 radical (unpaired) electrons. The summed E-state index contributed by atoms with van der Waals surface area (Å²) in [4.78, 5) is 28.1. The third-order valence-corrected chi connectivity index (χ3v) is 4.99. The van der Waals surface area contributed by atoms with E-state index >= 15 is 0 Å². The maximum atomic E-state index is 12.2. The monoisotopic (exact) mass is 368 g/mol. The summed E-state index contributed by atoms with van der Waals surface area (Å²) in [5, 5.41) is 9.64. The van der Waals surface area contributed by atoms with Gasteiger partial charge in [-0.3, -0.25) is 9.32 Å². The molecule has 8 heteroatoms. The van der Waals surface area contributed by atoms with Gasteiger partial charge in [0.1, 0.15) is 6.54 Å². The molecule has 1 amide bonds. The van der Waals surface area contributed by atoms with Crippen LogP contribution in [0.4, 0.5) is 0 Å². The molecule has 0 unspecified atom stereocenters. The smallest absolute Gasteiger partial charge is 0.361 e. The van der Waals surface area contributed by atoms with Gasteiger partial charge < -0.3 is 10.3 Å². The Balaban J connectivity index is 1.39. The molecule has 0 spiro atoms. The summed E-state index contributed by atoms with van der Waals surface area (Å²) in [6, 6.07) is 11.7. The minimum Gasteiger partial charge on any atom is -0.361 e. The van der Waals surface area contributed by atoms with Gasteiger partial charge in [-0.1, -0.05) is 29.4 Å². The molecule has 0 aliphatic heterocycles. The van der Waals surface area contributed by atoms with E-state index in [1.54, 1.807) is 0 Å².